The van der Waals surface area contributed by atoms with Gasteiger partial charge in [-0.15, -0.1) is 0 Å². The van der Waals surface area contributed by atoms with Crippen LogP contribution in [0, 0.1) is 6.92 Å². The summed E-state index contributed by atoms with van der Waals surface area (Å²) >= 11 is 5.79. The van der Waals surface area contributed by atoms with Crippen LogP contribution in [0.4, 0.5) is 24.5 Å². The predicted molar refractivity (Wildman–Crippen MR) is 91.4 cm³/mol. The molecular weight excluding hydrogens is 373 g/mol. The summed E-state index contributed by atoms with van der Waals surface area (Å²) in [5.74, 6) is -1.92. The van der Waals surface area contributed by atoms with Crippen molar-refractivity contribution in [2.45, 2.75) is 13.1 Å². The van der Waals surface area contributed by atoms with Gasteiger partial charge in [-0.05, 0) is 42.8 Å². The van der Waals surface area contributed by atoms with Crippen molar-refractivity contribution in [1.82, 2.24) is 0 Å². The number of aryl methyl sites for hydroxylation is 1. The van der Waals surface area contributed by atoms with E-state index in [1.807, 2.05) is 0 Å². The SMILES string of the molecule is COc1ccc(C)cc1NC(=O)C(=O)Nc1cc(C(F)(F)F)ccc1Cl. The fraction of sp³-hybridized carbons (Fsp3) is 0.176. The molecule has 2 rings (SSSR count). The number of carbonyl (C=O) groups is 2. The number of carbonyl (C=O) groups excluding carboxylic acids is 2. The smallest absolute Gasteiger partial charge is 0.416 e. The van der Waals surface area contributed by atoms with E-state index in [1.54, 1.807) is 25.1 Å². The summed E-state index contributed by atoms with van der Waals surface area (Å²) in [4.78, 5) is 24.1. The van der Waals surface area contributed by atoms with Crippen LogP contribution in [0.3, 0.4) is 0 Å². The van der Waals surface area contributed by atoms with E-state index in [2.05, 4.69) is 10.6 Å². The van der Waals surface area contributed by atoms with Gasteiger partial charge in [-0.1, -0.05) is 17.7 Å². The lowest BCUT2D eigenvalue weighted by molar-refractivity contribution is -0.137. The van der Waals surface area contributed by atoms with Crippen LogP contribution in [0.2, 0.25) is 5.02 Å². The van der Waals surface area contributed by atoms with E-state index < -0.39 is 23.6 Å². The number of rotatable bonds is 3. The zero-order chi connectivity index (χ0) is 19.5. The lowest BCUT2D eigenvalue weighted by atomic mass is 10.2. The molecule has 0 atom stereocenters. The molecule has 0 saturated carbocycles. The molecule has 0 spiro atoms. The van der Waals surface area contributed by atoms with E-state index >= 15 is 0 Å². The van der Waals surface area contributed by atoms with Crippen LogP contribution < -0.4 is 15.4 Å². The van der Waals surface area contributed by atoms with Crippen molar-refractivity contribution in [3.8, 4) is 5.75 Å². The third kappa shape index (κ3) is 4.66. The second-order valence-electron chi connectivity index (χ2n) is 5.30. The Morgan fingerprint density at radius 3 is 2.19 bits per heavy atom. The fourth-order valence-corrected chi connectivity index (χ4v) is 2.24. The van der Waals surface area contributed by atoms with E-state index in [9.17, 15) is 22.8 Å². The van der Waals surface area contributed by atoms with E-state index in [1.165, 1.54) is 7.11 Å². The maximum Gasteiger partial charge on any atom is 0.416 e. The molecule has 0 aliphatic rings. The molecule has 0 aromatic heterocycles. The van der Waals surface area contributed by atoms with Crippen LogP contribution >= 0.6 is 11.6 Å². The van der Waals surface area contributed by atoms with Crippen molar-refractivity contribution in [2.75, 3.05) is 17.7 Å². The highest BCUT2D eigenvalue weighted by Gasteiger charge is 2.31. The Hall–Kier alpha value is -2.74. The van der Waals surface area contributed by atoms with Gasteiger partial charge in [-0.25, -0.2) is 0 Å². The van der Waals surface area contributed by atoms with E-state index in [0.29, 0.717) is 11.8 Å². The first kappa shape index (κ1) is 19.6. The molecule has 0 unspecified atom stereocenters. The molecule has 0 saturated heterocycles. The first-order valence-corrected chi connectivity index (χ1v) is 7.63. The molecule has 2 amide bonds. The summed E-state index contributed by atoms with van der Waals surface area (Å²) < 4.78 is 43.3. The number of hydrogen-bond donors (Lipinski definition) is 2. The van der Waals surface area contributed by atoms with Crippen LogP contribution in [0.5, 0.6) is 5.75 Å². The van der Waals surface area contributed by atoms with Crippen LogP contribution in [0.25, 0.3) is 0 Å². The summed E-state index contributed by atoms with van der Waals surface area (Å²) in [6, 6.07) is 7.35. The third-order valence-electron chi connectivity index (χ3n) is 3.35. The first-order valence-electron chi connectivity index (χ1n) is 7.25. The Bertz CT molecular complexity index is 854. The van der Waals surface area contributed by atoms with E-state index in [-0.39, 0.29) is 16.4 Å². The Morgan fingerprint density at radius 1 is 1.00 bits per heavy atom. The van der Waals surface area contributed by atoms with E-state index in [0.717, 1.165) is 17.7 Å². The van der Waals surface area contributed by atoms with Crippen molar-refractivity contribution >= 4 is 34.8 Å². The van der Waals surface area contributed by atoms with Crippen LogP contribution in [-0.4, -0.2) is 18.9 Å². The summed E-state index contributed by atoms with van der Waals surface area (Å²) in [5, 5.41) is 4.28. The van der Waals surface area contributed by atoms with Crippen LogP contribution in [0.15, 0.2) is 36.4 Å². The minimum absolute atomic E-state index is 0.132. The highest BCUT2D eigenvalue weighted by atomic mass is 35.5. The molecular formula is C17H14ClF3N2O3. The molecule has 5 nitrogen and oxygen atoms in total. The minimum atomic E-state index is -4.61. The number of ether oxygens (including phenoxy) is 1. The highest BCUT2D eigenvalue weighted by Crippen LogP contribution is 2.34. The molecule has 0 heterocycles. The zero-order valence-corrected chi connectivity index (χ0v) is 14.5. The number of methoxy groups -OCH3 is 1. The lowest BCUT2D eigenvalue weighted by Gasteiger charge is -2.13. The Balaban J connectivity index is 2.18. The molecule has 9 heteroatoms. The summed E-state index contributed by atoms with van der Waals surface area (Å²) in [5.41, 5.74) is -0.263. The fourth-order valence-electron chi connectivity index (χ4n) is 2.08. The second kappa shape index (κ2) is 7.65. The predicted octanol–water partition coefficient (Wildman–Crippen LogP) is 4.25. The molecule has 0 bridgehead atoms. The molecule has 26 heavy (non-hydrogen) atoms. The molecule has 0 aliphatic heterocycles. The van der Waals surface area contributed by atoms with Gasteiger partial charge in [-0.3, -0.25) is 9.59 Å². The Kier molecular flexibility index (Phi) is 5.76. The van der Waals surface area contributed by atoms with Crippen molar-refractivity contribution in [1.29, 1.82) is 0 Å². The number of alkyl halides is 3. The van der Waals surface area contributed by atoms with Crippen molar-refractivity contribution in [3.63, 3.8) is 0 Å². The van der Waals surface area contributed by atoms with Crippen molar-refractivity contribution < 1.29 is 27.5 Å². The number of hydrogen-bond acceptors (Lipinski definition) is 3. The number of amides is 2. The van der Waals surface area contributed by atoms with E-state index in [4.69, 9.17) is 16.3 Å². The quantitative estimate of drug-likeness (QED) is 0.775. The molecule has 2 aromatic rings. The average Bonchev–Trinajstić information content (AvgIpc) is 2.56. The lowest BCUT2D eigenvalue weighted by Crippen LogP contribution is -2.29. The summed E-state index contributed by atoms with van der Waals surface area (Å²) in [6.07, 6.45) is -4.61. The maximum absolute atomic E-state index is 12.8. The molecule has 0 radical (unpaired) electrons. The standard InChI is InChI=1S/C17H14ClF3N2O3/c1-9-3-6-14(26-2)13(7-9)23-16(25)15(24)22-12-8-10(17(19,20)21)4-5-11(12)18/h3-8H,1-2H3,(H,22,24)(H,23,25). The normalized spacial score (nSPS) is 11.0. The van der Waals surface area contributed by atoms with Gasteiger partial charge in [0.2, 0.25) is 0 Å². The van der Waals surface area contributed by atoms with Gasteiger partial charge < -0.3 is 15.4 Å². The van der Waals surface area contributed by atoms with Gasteiger partial charge in [0.25, 0.3) is 0 Å². The topological polar surface area (TPSA) is 67.4 Å². The summed E-state index contributed by atoms with van der Waals surface area (Å²) in [6.45, 7) is 1.78. The number of halogens is 4. The van der Waals surface area contributed by atoms with Gasteiger partial charge in [0.05, 0.1) is 29.1 Å². The largest absolute Gasteiger partial charge is 0.495 e. The minimum Gasteiger partial charge on any atom is -0.495 e. The van der Waals surface area contributed by atoms with Gasteiger partial charge >= 0.3 is 18.0 Å². The van der Waals surface area contributed by atoms with Gasteiger partial charge in [0.15, 0.2) is 0 Å². The Morgan fingerprint density at radius 2 is 1.62 bits per heavy atom. The zero-order valence-electron chi connectivity index (χ0n) is 13.7. The first-order chi connectivity index (χ1) is 12.1. The maximum atomic E-state index is 12.8. The third-order valence-corrected chi connectivity index (χ3v) is 3.68. The average molecular weight is 387 g/mol. The highest BCUT2D eigenvalue weighted by molar-refractivity contribution is 6.45. The molecule has 2 N–H and O–H groups in total. The van der Waals surface area contributed by atoms with Crippen molar-refractivity contribution in [2.24, 2.45) is 0 Å². The number of nitrogens with one attached hydrogen (secondary N) is 2. The van der Waals surface area contributed by atoms with Crippen molar-refractivity contribution in [3.05, 3.63) is 52.5 Å². The molecule has 2 aromatic carbocycles. The number of benzene rings is 2. The second-order valence-corrected chi connectivity index (χ2v) is 5.71. The van der Waals surface area contributed by atoms with Gasteiger partial charge in [0.1, 0.15) is 5.75 Å². The molecule has 0 fully saturated rings. The molecule has 0 aliphatic carbocycles. The van der Waals surface area contributed by atoms with Gasteiger partial charge in [0, 0.05) is 0 Å². The monoisotopic (exact) mass is 386 g/mol. The van der Waals surface area contributed by atoms with Gasteiger partial charge in [-0.2, -0.15) is 13.2 Å². The van der Waals surface area contributed by atoms with Crippen LogP contribution in [0.1, 0.15) is 11.1 Å². The van der Waals surface area contributed by atoms with Crippen LogP contribution in [-0.2, 0) is 15.8 Å². The Labute approximate surface area is 152 Å². The number of anilines is 2. The summed E-state index contributed by atoms with van der Waals surface area (Å²) in [7, 11) is 1.39. The molecule has 138 valence electrons.